The topological polar surface area (TPSA) is 0 Å². The van der Waals surface area contributed by atoms with Crippen LogP contribution in [-0.2, 0) is 0 Å². The summed E-state index contributed by atoms with van der Waals surface area (Å²) >= 11 is 0. The van der Waals surface area contributed by atoms with E-state index in [1.807, 2.05) is 0 Å². The highest BCUT2D eigenvalue weighted by atomic mass is 14.1. The lowest BCUT2D eigenvalue weighted by molar-refractivity contribution is 0.585. The van der Waals surface area contributed by atoms with Crippen molar-refractivity contribution in [1.29, 1.82) is 0 Å². The molecule has 2 aliphatic rings. The Labute approximate surface area is 119 Å². The van der Waals surface area contributed by atoms with Crippen LogP contribution in [0.15, 0.2) is 47.6 Å². The summed E-state index contributed by atoms with van der Waals surface area (Å²) in [4.78, 5) is 0. The van der Waals surface area contributed by atoms with Crippen LogP contribution in [0.4, 0.5) is 0 Å². The molecule has 0 radical (unpaired) electrons. The quantitative estimate of drug-likeness (QED) is 0.518. The lowest BCUT2D eigenvalue weighted by Crippen LogP contribution is -1.94. The standard InChI is InChI=1S/C19H28/c1-2-6-10-14-18(15-11-7-3-1)19-16-12-8-4-5-9-13-17-19/h4-5,8,12,14,16H,1-3,6-7,9-11,13,15,17H2/b5-4-,12-8+,18-14?,19-16?. The van der Waals surface area contributed by atoms with Crippen LogP contribution in [0.5, 0.6) is 0 Å². The van der Waals surface area contributed by atoms with E-state index in [1.165, 1.54) is 70.6 Å². The monoisotopic (exact) mass is 256 g/mol. The smallest absolute Gasteiger partial charge is 0.0273 e. The van der Waals surface area contributed by atoms with Crippen molar-refractivity contribution in [2.45, 2.75) is 70.6 Å². The van der Waals surface area contributed by atoms with E-state index in [2.05, 4.69) is 36.5 Å². The van der Waals surface area contributed by atoms with Crippen LogP contribution in [-0.4, -0.2) is 0 Å². The van der Waals surface area contributed by atoms with E-state index in [1.54, 1.807) is 11.1 Å². The molecular formula is C19H28. The van der Waals surface area contributed by atoms with Gasteiger partial charge in [-0.2, -0.15) is 0 Å². The minimum atomic E-state index is 1.22. The van der Waals surface area contributed by atoms with Gasteiger partial charge in [0.15, 0.2) is 0 Å². The highest BCUT2D eigenvalue weighted by Crippen LogP contribution is 2.26. The Morgan fingerprint density at radius 1 is 0.579 bits per heavy atom. The summed E-state index contributed by atoms with van der Waals surface area (Å²) in [5, 5.41) is 0. The molecule has 0 aromatic carbocycles. The average molecular weight is 256 g/mol. The van der Waals surface area contributed by atoms with Gasteiger partial charge in [-0.3, -0.25) is 0 Å². The maximum atomic E-state index is 2.54. The first-order chi connectivity index (χ1) is 9.47. The van der Waals surface area contributed by atoms with Crippen molar-refractivity contribution in [3.8, 4) is 0 Å². The predicted octanol–water partition coefficient (Wildman–Crippen LogP) is 6.27. The van der Waals surface area contributed by atoms with Gasteiger partial charge >= 0.3 is 0 Å². The Bertz CT molecular complexity index is 365. The first kappa shape index (κ1) is 14.4. The van der Waals surface area contributed by atoms with Gasteiger partial charge in [-0.15, -0.1) is 0 Å². The third-order valence-corrected chi connectivity index (χ3v) is 4.18. The van der Waals surface area contributed by atoms with Crippen molar-refractivity contribution in [2.24, 2.45) is 0 Å². The SMILES string of the molecule is C1=C(C2=CCCCCCCCC2)CCC/C=C\C=C\1. The lowest BCUT2D eigenvalue weighted by Gasteiger charge is -2.14. The Hall–Kier alpha value is -1.04. The molecule has 0 heteroatoms. The maximum Gasteiger partial charge on any atom is -0.0273 e. The van der Waals surface area contributed by atoms with E-state index in [-0.39, 0.29) is 0 Å². The third-order valence-electron chi connectivity index (χ3n) is 4.18. The molecule has 0 fully saturated rings. The first-order valence-electron chi connectivity index (χ1n) is 8.18. The summed E-state index contributed by atoms with van der Waals surface area (Å²) in [5.74, 6) is 0. The number of hydrogen-bond acceptors (Lipinski definition) is 0. The van der Waals surface area contributed by atoms with Gasteiger partial charge in [0, 0.05) is 0 Å². The molecule has 19 heavy (non-hydrogen) atoms. The first-order valence-corrected chi connectivity index (χ1v) is 8.18. The van der Waals surface area contributed by atoms with Crippen molar-refractivity contribution in [2.75, 3.05) is 0 Å². The second kappa shape index (κ2) is 8.96. The summed E-state index contributed by atoms with van der Waals surface area (Å²) in [5.41, 5.74) is 3.24. The minimum absolute atomic E-state index is 1.22. The Morgan fingerprint density at radius 3 is 2.32 bits per heavy atom. The van der Waals surface area contributed by atoms with Gasteiger partial charge in [-0.1, -0.05) is 62.1 Å². The largest absolute Gasteiger partial charge is 0.0845 e. The lowest BCUT2D eigenvalue weighted by atomic mass is 9.92. The van der Waals surface area contributed by atoms with Crippen molar-refractivity contribution in [3.63, 3.8) is 0 Å². The molecule has 0 unspecified atom stereocenters. The molecular weight excluding hydrogens is 228 g/mol. The molecule has 0 atom stereocenters. The zero-order valence-electron chi connectivity index (χ0n) is 12.2. The highest BCUT2D eigenvalue weighted by molar-refractivity contribution is 5.35. The fourth-order valence-corrected chi connectivity index (χ4v) is 3.01. The molecule has 0 nitrogen and oxygen atoms in total. The van der Waals surface area contributed by atoms with Crippen LogP contribution in [0.3, 0.4) is 0 Å². The maximum absolute atomic E-state index is 2.54. The predicted molar refractivity (Wildman–Crippen MR) is 85.2 cm³/mol. The zero-order valence-corrected chi connectivity index (χ0v) is 12.2. The van der Waals surface area contributed by atoms with Gasteiger partial charge in [0.05, 0.1) is 0 Å². The summed E-state index contributed by atoms with van der Waals surface area (Å²) < 4.78 is 0. The van der Waals surface area contributed by atoms with Crippen molar-refractivity contribution >= 4 is 0 Å². The van der Waals surface area contributed by atoms with Crippen LogP contribution >= 0.6 is 0 Å². The highest BCUT2D eigenvalue weighted by Gasteiger charge is 2.06. The fraction of sp³-hybridized carbons (Fsp3) is 0.579. The number of rotatable bonds is 1. The molecule has 0 N–H and O–H groups in total. The van der Waals surface area contributed by atoms with Gasteiger partial charge in [0.25, 0.3) is 0 Å². The third kappa shape index (κ3) is 5.63. The summed E-state index contributed by atoms with van der Waals surface area (Å²) in [7, 11) is 0. The average Bonchev–Trinajstić information content (AvgIpc) is 2.58. The van der Waals surface area contributed by atoms with Crippen molar-refractivity contribution < 1.29 is 0 Å². The minimum Gasteiger partial charge on any atom is -0.0845 e. The molecule has 0 bridgehead atoms. The van der Waals surface area contributed by atoms with Gasteiger partial charge < -0.3 is 0 Å². The second-order valence-electron chi connectivity index (χ2n) is 5.79. The van der Waals surface area contributed by atoms with Crippen LogP contribution in [0, 0.1) is 0 Å². The molecule has 2 aliphatic carbocycles. The second-order valence-corrected chi connectivity index (χ2v) is 5.79. The summed E-state index contributed by atoms with van der Waals surface area (Å²) in [6.07, 6.45) is 28.6. The van der Waals surface area contributed by atoms with Crippen molar-refractivity contribution in [3.05, 3.63) is 47.6 Å². The fourth-order valence-electron chi connectivity index (χ4n) is 3.01. The molecule has 0 aromatic rings. The molecule has 0 saturated heterocycles. The molecule has 0 spiro atoms. The molecule has 104 valence electrons. The van der Waals surface area contributed by atoms with Crippen LogP contribution in [0.1, 0.15) is 70.6 Å². The Balaban J connectivity index is 2.05. The van der Waals surface area contributed by atoms with Crippen LogP contribution in [0.2, 0.25) is 0 Å². The summed E-state index contributed by atoms with van der Waals surface area (Å²) in [6, 6.07) is 0. The normalized spacial score (nSPS) is 26.1. The van der Waals surface area contributed by atoms with Crippen LogP contribution < -0.4 is 0 Å². The van der Waals surface area contributed by atoms with E-state index in [0.29, 0.717) is 0 Å². The molecule has 0 heterocycles. The van der Waals surface area contributed by atoms with Crippen LogP contribution in [0.25, 0.3) is 0 Å². The van der Waals surface area contributed by atoms with E-state index >= 15 is 0 Å². The van der Waals surface area contributed by atoms with E-state index in [4.69, 9.17) is 0 Å². The number of hydrogen-bond donors (Lipinski definition) is 0. The van der Waals surface area contributed by atoms with Gasteiger partial charge in [0.2, 0.25) is 0 Å². The van der Waals surface area contributed by atoms with Gasteiger partial charge in [0.1, 0.15) is 0 Å². The Morgan fingerprint density at radius 2 is 1.37 bits per heavy atom. The number of allylic oxidation sites excluding steroid dienone is 8. The van der Waals surface area contributed by atoms with E-state index in [9.17, 15) is 0 Å². The summed E-state index contributed by atoms with van der Waals surface area (Å²) in [6.45, 7) is 0. The molecule has 0 aliphatic heterocycles. The molecule has 0 saturated carbocycles. The van der Waals surface area contributed by atoms with E-state index < -0.39 is 0 Å². The molecule has 2 rings (SSSR count). The van der Waals surface area contributed by atoms with Gasteiger partial charge in [-0.05, 0) is 56.1 Å². The van der Waals surface area contributed by atoms with E-state index in [0.717, 1.165) is 0 Å². The Kier molecular flexibility index (Phi) is 6.78. The van der Waals surface area contributed by atoms with Gasteiger partial charge in [-0.25, -0.2) is 0 Å². The van der Waals surface area contributed by atoms with Crippen molar-refractivity contribution in [1.82, 2.24) is 0 Å². The zero-order chi connectivity index (χ0) is 13.2. The molecule has 0 aromatic heterocycles. The molecule has 0 amide bonds.